The average Bonchev–Trinajstić information content (AvgIpc) is 2.58. The Balaban J connectivity index is 2.40. The van der Waals surface area contributed by atoms with Gasteiger partial charge < -0.3 is 16.4 Å². The highest BCUT2D eigenvalue weighted by molar-refractivity contribution is 8.00. The number of nitrogens with one attached hydrogen (secondary N) is 2. The molecule has 0 aromatic heterocycles. The van der Waals surface area contributed by atoms with Crippen molar-refractivity contribution in [1.82, 2.24) is 10.6 Å². The highest BCUT2D eigenvalue weighted by atomic mass is 32.2. The molecule has 1 atom stereocenters. The van der Waals surface area contributed by atoms with Crippen LogP contribution in [0.15, 0.2) is 0 Å². The van der Waals surface area contributed by atoms with Crippen LogP contribution in [-0.4, -0.2) is 48.1 Å². The van der Waals surface area contributed by atoms with E-state index in [-0.39, 0.29) is 29.9 Å². The lowest BCUT2D eigenvalue weighted by molar-refractivity contribution is -0.124. The minimum Gasteiger partial charge on any atom is -0.370 e. The summed E-state index contributed by atoms with van der Waals surface area (Å²) in [5.41, 5.74) is 5.23. The maximum atomic E-state index is 12.3. The molecule has 1 aliphatic rings. The minimum absolute atomic E-state index is 0.0404. The van der Waals surface area contributed by atoms with Crippen molar-refractivity contribution >= 4 is 35.3 Å². The largest absolute Gasteiger partial charge is 0.370 e. The second-order valence-corrected chi connectivity index (χ2v) is 7.84. The van der Waals surface area contributed by atoms with Crippen LogP contribution in [0, 0.1) is 11.8 Å². The van der Waals surface area contributed by atoms with E-state index in [0.717, 1.165) is 25.7 Å². The lowest BCUT2D eigenvalue weighted by Crippen LogP contribution is -2.39. The maximum Gasteiger partial charge on any atom is 0.233 e. The number of Topliss-reactive ketones (excluding diaryl/α,β-unsaturated/α-hetero) is 1. The summed E-state index contributed by atoms with van der Waals surface area (Å²) in [6, 6.07) is 0. The van der Waals surface area contributed by atoms with Crippen LogP contribution in [-0.2, 0) is 19.2 Å². The van der Waals surface area contributed by atoms with Crippen molar-refractivity contribution in [2.75, 3.05) is 19.3 Å². The highest BCUT2D eigenvalue weighted by Gasteiger charge is 2.26. The van der Waals surface area contributed by atoms with Crippen LogP contribution in [0.2, 0.25) is 0 Å². The number of carbonyl (C=O) groups excluding carboxylic acids is 4. The molecule has 0 bridgehead atoms. The Morgan fingerprint density at radius 3 is 2.32 bits per heavy atom. The molecule has 0 radical (unpaired) electrons. The molecular formula is C17H29N3O4S. The Hall–Kier alpha value is -1.57. The molecule has 8 heteroatoms. The number of nitrogens with two attached hydrogens (primary N) is 1. The Morgan fingerprint density at radius 2 is 1.80 bits per heavy atom. The summed E-state index contributed by atoms with van der Waals surface area (Å²) in [5, 5.41) is 4.85. The monoisotopic (exact) mass is 371 g/mol. The SMILES string of the molecule is CNC(=O)CCSC(CC(N)=O)C(=O)NCC1CCC(C(C)=O)CC1. The zero-order valence-corrected chi connectivity index (χ0v) is 15.8. The molecule has 1 saturated carbocycles. The van der Waals surface area contributed by atoms with Gasteiger partial charge in [0.25, 0.3) is 0 Å². The maximum absolute atomic E-state index is 12.3. The summed E-state index contributed by atoms with van der Waals surface area (Å²) < 4.78 is 0. The second kappa shape index (κ2) is 11.1. The zero-order valence-electron chi connectivity index (χ0n) is 15.0. The Bertz CT molecular complexity index is 490. The van der Waals surface area contributed by atoms with Crippen molar-refractivity contribution in [3.8, 4) is 0 Å². The molecule has 4 N–H and O–H groups in total. The van der Waals surface area contributed by atoms with Crippen molar-refractivity contribution < 1.29 is 19.2 Å². The molecule has 0 saturated heterocycles. The van der Waals surface area contributed by atoms with Crippen LogP contribution in [0.5, 0.6) is 0 Å². The summed E-state index contributed by atoms with van der Waals surface area (Å²) in [6.07, 6.45) is 3.85. The van der Waals surface area contributed by atoms with Gasteiger partial charge in [-0.05, 0) is 38.5 Å². The van der Waals surface area contributed by atoms with Crippen LogP contribution in [0.25, 0.3) is 0 Å². The third kappa shape index (κ3) is 8.38. The van der Waals surface area contributed by atoms with Gasteiger partial charge in [-0.3, -0.25) is 19.2 Å². The second-order valence-electron chi connectivity index (χ2n) is 6.53. The summed E-state index contributed by atoms with van der Waals surface area (Å²) in [6.45, 7) is 2.19. The predicted octanol–water partition coefficient (Wildman–Crippen LogP) is 0.611. The first kappa shape index (κ1) is 21.5. The Labute approximate surface area is 153 Å². The van der Waals surface area contributed by atoms with E-state index in [1.807, 2.05) is 0 Å². The van der Waals surface area contributed by atoms with Crippen molar-refractivity contribution in [2.24, 2.45) is 17.6 Å². The first-order valence-electron chi connectivity index (χ1n) is 8.72. The van der Waals surface area contributed by atoms with E-state index in [0.29, 0.717) is 24.6 Å². The van der Waals surface area contributed by atoms with Crippen LogP contribution < -0.4 is 16.4 Å². The standard InChI is InChI=1S/C17H29N3O4S/c1-11(21)13-5-3-12(4-6-13)10-20-17(24)14(9-15(18)22)25-8-7-16(23)19-2/h12-14H,3-10H2,1-2H3,(H2,18,22)(H,19,23)(H,20,24). The molecule has 0 aliphatic heterocycles. The summed E-state index contributed by atoms with van der Waals surface area (Å²) in [5.74, 6) is 0.377. The molecule has 1 rings (SSSR count). The topological polar surface area (TPSA) is 118 Å². The van der Waals surface area contributed by atoms with Gasteiger partial charge in [0.2, 0.25) is 17.7 Å². The fraction of sp³-hybridized carbons (Fsp3) is 0.765. The molecule has 1 unspecified atom stereocenters. The number of rotatable bonds is 10. The van der Waals surface area contributed by atoms with Gasteiger partial charge in [-0.25, -0.2) is 0 Å². The fourth-order valence-corrected chi connectivity index (χ4v) is 4.07. The number of hydrogen-bond acceptors (Lipinski definition) is 5. The first-order chi connectivity index (χ1) is 11.8. The molecule has 7 nitrogen and oxygen atoms in total. The molecule has 0 heterocycles. The summed E-state index contributed by atoms with van der Waals surface area (Å²) >= 11 is 1.27. The summed E-state index contributed by atoms with van der Waals surface area (Å²) in [4.78, 5) is 46.2. The number of ketones is 1. The van der Waals surface area contributed by atoms with E-state index in [4.69, 9.17) is 5.73 Å². The molecule has 25 heavy (non-hydrogen) atoms. The van der Waals surface area contributed by atoms with E-state index in [1.54, 1.807) is 14.0 Å². The van der Waals surface area contributed by atoms with Crippen molar-refractivity contribution in [1.29, 1.82) is 0 Å². The minimum atomic E-state index is -0.573. The van der Waals surface area contributed by atoms with Crippen molar-refractivity contribution in [3.63, 3.8) is 0 Å². The zero-order chi connectivity index (χ0) is 18.8. The molecule has 0 aromatic carbocycles. The van der Waals surface area contributed by atoms with Crippen LogP contribution in [0.4, 0.5) is 0 Å². The van der Waals surface area contributed by atoms with Gasteiger partial charge in [0, 0.05) is 38.1 Å². The molecule has 0 spiro atoms. The van der Waals surface area contributed by atoms with Crippen molar-refractivity contribution in [3.05, 3.63) is 0 Å². The Kier molecular flexibility index (Phi) is 9.55. The molecule has 0 aromatic rings. The highest BCUT2D eigenvalue weighted by Crippen LogP contribution is 2.29. The van der Waals surface area contributed by atoms with E-state index >= 15 is 0 Å². The van der Waals surface area contributed by atoms with Gasteiger partial charge in [0.15, 0.2) is 0 Å². The molecular weight excluding hydrogens is 342 g/mol. The third-order valence-electron chi connectivity index (χ3n) is 4.59. The van der Waals surface area contributed by atoms with Gasteiger partial charge in [0.1, 0.15) is 5.78 Å². The first-order valence-corrected chi connectivity index (χ1v) is 9.77. The number of thioether (sulfide) groups is 1. The molecule has 3 amide bonds. The predicted molar refractivity (Wildman–Crippen MR) is 97.9 cm³/mol. The quantitative estimate of drug-likeness (QED) is 0.520. The van der Waals surface area contributed by atoms with E-state index in [2.05, 4.69) is 10.6 Å². The van der Waals surface area contributed by atoms with Gasteiger partial charge >= 0.3 is 0 Å². The third-order valence-corrected chi connectivity index (χ3v) is 5.82. The smallest absolute Gasteiger partial charge is 0.233 e. The van der Waals surface area contributed by atoms with Gasteiger partial charge in [-0.15, -0.1) is 11.8 Å². The number of hydrogen-bond donors (Lipinski definition) is 3. The van der Waals surface area contributed by atoms with Gasteiger partial charge in [-0.2, -0.15) is 0 Å². The fourth-order valence-electron chi connectivity index (χ4n) is 2.96. The Morgan fingerprint density at radius 1 is 1.16 bits per heavy atom. The number of primary amides is 1. The number of amides is 3. The van der Waals surface area contributed by atoms with E-state index in [9.17, 15) is 19.2 Å². The van der Waals surface area contributed by atoms with Gasteiger partial charge in [-0.1, -0.05) is 0 Å². The van der Waals surface area contributed by atoms with Crippen LogP contribution in [0.3, 0.4) is 0 Å². The van der Waals surface area contributed by atoms with Crippen molar-refractivity contribution in [2.45, 2.75) is 50.7 Å². The molecule has 142 valence electrons. The lowest BCUT2D eigenvalue weighted by atomic mass is 9.80. The summed E-state index contributed by atoms with van der Waals surface area (Å²) in [7, 11) is 1.56. The average molecular weight is 372 g/mol. The molecule has 1 aliphatic carbocycles. The van der Waals surface area contributed by atoms with E-state index < -0.39 is 11.2 Å². The van der Waals surface area contributed by atoms with Crippen LogP contribution >= 0.6 is 11.8 Å². The van der Waals surface area contributed by atoms with Gasteiger partial charge in [0.05, 0.1) is 5.25 Å². The molecule has 1 fully saturated rings. The van der Waals surface area contributed by atoms with E-state index in [1.165, 1.54) is 11.8 Å². The lowest BCUT2D eigenvalue weighted by Gasteiger charge is -2.27. The normalized spacial score (nSPS) is 21.2. The number of carbonyl (C=O) groups is 4. The van der Waals surface area contributed by atoms with Crippen LogP contribution in [0.1, 0.15) is 45.4 Å².